The van der Waals surface area contributed by atoms with Crippen molar-refractivity contribution in [2.75, 3.05) is 11.4 Å². The topological polar surface area (TPSA) is 38.1 Å². The second-order valence-corrected chi connectivity index (χ2v) is 6.80. The third kappa shape index (κ3) is 2.72. The number of carbonyl (C=O) groups is 1. The van der Waals surface area contributed by atoms with Crippen molar-refractivity contribution in [2.45, 2.75) is 39.2 Å². The molecule has 1 amide bonds. The predicted octanol–water partition coefficient (Wildman–Crippen LogP) is 4.28. The molecule has 0 spiro atoms. The molecule has 2 heterocycles. The molecule has 0 saturated carbocycles. The quantitative estimate of drug-likeness (QED) is 0.715. The number of amides is 1. The van der Waals surface area contributed by atoms with E-state index in [2.05, 4.69) is 42.7 Å². The number of hydrogen-bond acceptors (Lipinski definition) is 2. The largest absolute Gasteiger partial charge is 0.328 e. The van der Waals surface area contributed by atoms with E-state index in [4.69, 9.17) is 4.98 Å². The van der Waals surface area contributed by atoms with Crippen LogP contribution < -0.4 is 4.90 Å². The van der Waals surface area contributed by atoms with Crippen molar-refractivity contribution in [3.63, 3.8) is 0 Å². The number of aryl methyl sites for hydroxylation is 2. The van der Waals surface area contributed by atoms with Crippen molar-refractivity contribution in [2.24, 2.45) is 0 Å². The number of aromatic nitrogens is 2. The van der Waals surface area contributed by atoms with E-state index in [0.717, 1.165) is 35.6 Å². The van der Waals surface area contributed by atoms with Gasteiger partial charge in [-0.05, 0) is 37.1 Å². The number of nitrogens with zero attached hydrogens (tertiary/aromatic N) is 3. The fraction of sp³-hybridized carbons (Fsp3) is 0.333. The van der Waals surface area contributed by atoms with Crippen molar-refractivity contribution < 1.29 is 4.79 Å². The number of hydrogen-bond donors (Lipinski definition) is 0. The van der Waals surface area contributed by atoms with Gasteiger partial charge in [0.2, 0.25) is 5.91 Å². The molecule has 25 heavy (non-hydrogen) atoms. The Bertz CT molecular complexity index is 928. The van der Waals surface area contributed by atoms with Crippen LogP contribution in [0, 0.1) is 6.92 Å². The Morgan fingerprint density at radius 1 is 1.12 bits per heavy atom. The highest BCUT2D eigenvalue weighted by Crippen LogP contribution is 2.34. The van der Waals surface area contributed by atoms with E-state index in [1.165, 1.54) is 5.52 Å². The molecule has 1 aliphatic rings. The molecule has 0 aliphatic carbocycles. The third-order valence-electron chi connectivity index (χ3n) is 5.03. The van der Waals surface area contributed by atoms with Gasteiger partial charge in [0.05, 0.1) is 11.0 Å². The highest BCUT2D eigenvalue weighted by atomic mass is 16.2. The van der Waals surface area contributed by atoms with Gasteiger partial charge in [0, 0.05) is 31.1 Å². The van der Waals surface area contributed by atoms with Crippen molar-refractivity contribution >= 4 is 22.6 Å². The van der Waals surface area contributed by atoms with Crippen LogP contribution in [-0.4, -0.2) is 22.0 Å². The molecular formula is C21H23N3O. The Morgan fingerprint density at radius 2 is 1.88 bits per heavy atom. The molecule has 0 unspecified atom stereocenters. The van der Waals surface area contributed by atoms with Crippen LogP contribution in [0.1, 0.15) is 37.1 Å². The van der Waals surface area contributed by atoms with E-state index in [1.54, 1.807) is 0 Å². The van der Waals surface area contributed by atoms with Gasteiger partial charge in [-0.1, -0.05) is 37.3 Å². The number of carbonyl (C=O) groups excluding carboxylic acids is 1. The van der Waals surface area contributed by atoms with Gasteiger partial charge in [0.1, 0.15) is 5.82 Å². The Balaban J connectivity index is 1.72. The molecule has 2 aromatic carbocycles. The summed E-state index contributed by atoms with van der Waals surface area (Å²) in [5.74, 6) is 1.38. The fourth-order valence-corrected chi connectivity index (χ4v) is 3.84. The van der Waals surface area contributed by atoms with E-state index in [-0.39, 0.29) is 11.8 Å². The maximum atomic E-state index is 12.7. The highest BCUT2D eigenvalue weighted by molar-refractivity contribution is 5.97. The molecule has 1 saturated heterocycles. The number of anilines is 1. The normalized spacial score (nSPS) is 17.6. The summed E-state index contributed by atoms with van der Waals surface area (Å²) in [5, 5.41) is 0. The van der Waals surface area contributed by atoms with E-state index in [1.807, 2.05) is 29.2 Å². The van der Waals surface area contributed by atoms with Gasteiger partial charge >= 0.3 is 0 Å². The SMILES string of the molecule is CCCn1c([C@@H]2CC(=O)N(c3ccccc3C)C2)nc2ccccc21. The minimum atomic E-state index is 0.144. The van der Waals surface area contributed by atoms with Gasteiger partial charge in [0.25, 0.3) is 0 Å². The summed E-state index contributed by atoms with van der Waals surface area (Å²) in [5.41, 5.74) is 4.35. The third-order valence-corrected chi connectivity index (χ3v) is 5.03. The van der Waals surface area contributed by atoms with Crippen LogP contribution in [0.2, 0.25) is 0 Å². The first kappa shape index (κ1) is 15.9. The summed E-state index contributed by atoms with van der Waals surface area (Å²) in [6.07, 6.45) is 1.58. The minimum absolute atomic E-state index is 0.144. The van der Waals surface area contributed by atoms with Crippen molar-refractivity contribution in [3.05, 3.63) is 59.9 Å². The molecule has 128 valence electrons. The summed E-state index contributed by atoms with van der Waals surface area (Å²) in [7, 11) is 0. The fourth-order valence-electron chi connectivity index (χ4n) is 3.84. The average molecular weight is 333 g/mol. The lowest BCUT2D eigenvalue weighted by Gasteiger charge is -2.19. The molecule has 3 aromatic rings. The van der Waals surface area contributed by atoms with Crippen molar-refractivity contribution in [1.82, 2.24) is 9.55 Å². The van der Waals surface area contributed by atoms with Gasteiger partial charge in [-0.25, -0.2) is 4.98 Å². The zero-order chi connectivity index (χ0) is 17.4. The molecule has 4 nitrogen and oxygen atoms in total. The van der Waals surface area contributed by atoms with Crippen LogP contribution in [-0.2, 0) is 11.3 Å². The number of fused-ring (bicyclic) bond motifs is 1. The predicted molar refractivity (Wildman–Crippen MR) is 101 cm³/mol. The first-order chi connectivity index (χ1) is 12.2. The molecule has 1 atom stereocenters. The maximum absolute atomic E-state index is 12.7. The van der Waals surface area contributed by atoms with Crippen molar-refractivity contribution in [1.29, 1.82) is 0 Å². The molecule has 1 fully saturated rings. The molecule has 1 aromatic heterocycles. The Morgan fingerprint density at radius 3 is 2.68 bits per heavy atom. The Labute approximate surface area is 148 Å². The Hall–Kier alpha value is -2.62. The summed E-state index contributed by atoms with van der Waals surface area (Å²) in [6.45, 7) is 5.88. The van der Waals surface area contributed by atoms with Gasteiger partial charge in [0.15, 0.2) is 0 Å². The van der Waals surface area contributed by atoms with Crippen LogP contribution in [0.15, 0.2) is 48.5 Å². The van der Waals surface area contributed by atoms with Gasteiger partial charge in [-0.2, -0.15) is 0 Å². The van der Waals surface area contributed by atoms with Crippen LogP contribution >= 0.6 is 0 Å². The molecule has 0 bridgehead atoms. The summed E-state index contributed by atoms with van der Waals surface area (Å²) in [4.78, 5) is 19.5. The minimum Gasteiger partial charge on any atom is -0.328 e. The first-order valence-corrected chi connectivity index (χ1v) is 9.00. The standard InChI is InChI=1S/C21H23N3O/c1-3-12-23-19-11-7-5-9-17(19)22-21(23)16-13-20(25)24(14-16)18-10-6-4-8-15(18)2/h4-11,16H,3,12-14H2,1-2H3/t16-/m1/s1. The van der Waals surface area contributed by atoms with Crippen LogP contribution in [0.25, 0.3) is 11.0 Å². The summed E-state index contributed by atoms with van der Waals surface area (Å²) in [6, 6.07) is 16.4. The lowest BCUT2D eigenvalue weighted by molar-refractivity contribution is -0.117. The van der Waals surface area contributed by atoms with Crippen molar-refractivity contribution in [3.8, 4) is 0 Å². The van der Waals surface area contributed by atoms with Gasteiger partial charge in [-0.3, -0.25) is 4.79 Å². The molecule has 1 aliphatic heterocycles. The molecular weight excluding hydrogens is 310 g/mol. The van der Waals surface area contributed by atoms with E-state index >= 15 is 0 Å². The number of benzene rings is 2. The number of rotatable bonds is 4. The second kappa shape index (κ2) is 6.36. The van der Waals surface area contributed by atoms with Gasteiger partial charge in [-0.15, -0.1) is 0 Å². The number of imidazole rings is 1. The van der Waals surface area contributed by atoms with E-state index in [9.17, 15) is 4.79 Å². The van der Waals surface area contributed by atoms with Crippen LogP contribution in [0.5, 0.6) is 0 Å². The lowest BCUT2D eigenvalue weighted by Crippen LogP contribution is -2.25. The Kier molecular flexibility index (Phi) is 4.04. The van der Waals surface area contributed by atoms with E-state index in [0.29, 0.717) is 13.0 Å². The van der Waals surface area contributed by atoms with Crippen LogP contribution in [0.3, 0.4) is 0 Å². The highest BCUT2D eigenvalue weighted by Gasteiger charge is 2.35. The number of para-hydroxylation sites is 3. The molecule has 0 N–H and O–H groups in total. The smallest absolute Gasteiger partial charge is 0.227 e. The zero-order valence-electron chi connectivity index (χ0n) is 14.8. The summed E-state index contributed by atoms with van der Waals surface area (Å²) >= 11 is 0. The average Bonchev–Trinajstić information content (AvgIpc) is 3.17. The summed E-state index contributed by atoms with van der Waals surface area (Å²) < 4.78 is 2.30. The molecule has 4 rings (SSSR count). The molecule has 4 heteroatoms. The zero-order valence-corrected chi connectivity index (χ0v) is 14.8. The van der Waals surface area contributed by atoms with Crippen LogP contribution in [0.4, 0.5) is 5.69 Å². The second-order valence-electron chi connectivity index (χ2n) is 6.80. The monoisotopic (exact) mass is 333 g/mol. The lowest BCUT2D eigenvalue weighted by atomic mass is 10.1. The van der Waals surface area contributed by atoms with E-state index < -0.39 is 0 Å². The maximum Gasteiger partial charge on any atom is 0.227 e. The van der Waals surface area contributed by atoms with Gasteiger partial charge < -0.3 is 9.47 Å². The molecule has 0 radical (unpaired) electrons. The first-order valence-electron chi connectivity index (χ1n) is 9.00.